The van der Waals surface area contributed by atoms with Crippen molar-refractivity contribution >= 4 is 33.9 Å². The van der Waals surface area contributed by atoms with E-state index in [1.165, 1.54) is 0 Å². The zero-order chi connectivity index (χ0) is 11.9. The average Bonchev–Trinajstić information content (AvgIpc) is 2.18. The van der Waals surface area contributed by atoms with E-state index in [-0.39, 0.29) is 10.4 Å². The summed E-state index contributed by atoms with van der Waals surface area (Å²) < 4.78 is 3.93. The fourth-order valence-electron chi connectivity index (χ4n) is 0.951. The molecule has 0 saturated carbocycles. The van der Waals surface area contributed by atoms with Crippen LogP contribution < -0.4 is 0 Å². The summed E-state index contributed by atoms with van der Waals surface area (Å²) in [5, 5.41) is 0. The molecule has 0 spiro atoms. The fourth-order valence-corrected chi connectivity index (χ4v) is 2.50. The highest BCUT2D eigenvalue weighted by Crippen LogP contribution is 2.32. The van der Waals surface area contributed by atoms with Crippen LogP contribution >= 0.6 is 23.5 Å². The lowest BCUT2D eigenvalue weighted by atomic mass is 10.1. The molecule has 0 aromatic heterocycles. The van der Waals surface area contributed by atoms with Crippen LogP contribution in [-0.2, 0) is 9.53 Å². The van der Waals surface area contributed by atoms with Gasteiger partial charge in [-0.15, -0.1) is 0 Å². The molecule has 1 atom stereocenters. The van der Waals surface area contributed by atoms with Crippen molar-refractivity contribution < 1.29 is 14.3 Å². The number of ether oxygens (including phenoxy) is 1. The molecule has 15 heavy (non-hydrogen) atoms. The first kappa shape index (κ1) is 14.6. The van der Waals surface area contributed by atoms with Crippen LogP contribution in [0.2, 0.25) is 0 Å². The van der Waals surface area contributed by atoms with Crippen LogP contribution in [0.4, 0.5) is 4.79 Å². The zero-order valence-corrected chi connectivity index (χ0v) is 11.0. The molecule has 0 aliphatic heterocycles. The third-order valence-corrected chi connectivity index (χ3v) is 3.60. The number of hydrogen-bond donors (Lipinski definition) is 0. The third-order valence-electron chi connectivity index (χ3n) is 1.63. The van der Waals surface area contributed by atoms with Gasteiger partial charge in [-0.2, -0.15) is 0 Å². The molecule has 0 aromatic rings. The highest BCUT2D eigenvalue weighted by atomic mass is 32.2. The van der Waals surface area contributed by atoms with Crippen molar-refractivity contribution in [2.75, 3.05) is 12.9 Å². The van der Waals surface area contributed by atoms with Gasteiger partial charge < -0.3 is 4.74 Å². The summed E-state index contributed by atoms with van der Waals surface area (Å²) in [6.07, 6.45) is 5.12. The van der Waals surface area contributed by atoms with E-state index in [1.54, 1.807) is 32.3 Å². The Hall–Kier alpha value is -0.420. The van der Waals surface area contributed by atoms with Gasteiger partial charge in [0.15, 0.2) is 0 Å². The molecule has 0 saturated heterocycles. The summed E-state index contributed by atoms with van der Waals surface area (Å²) in [6.45, 7) is 5.56. The Morgan fingerprint density at radius 1 is 1.47 bits per heavy atom. The minimum absolute atomic E-state index is 0.0938. The van der Waals surface area contributed by atoms with Crippen molar-refractivity contribution in [2.45, 2.75) is 25.5 Å². The Labute approximate surface area is 99.0 Å². The summed E-state index contributed by atoms with van der Waals surface area (Å²) in [4.78, 5) is 22.9. The van der Waals surface area contributed by atoms with Crippen molar-refractivity contribution in [2.24, 2.45) is 0 Å². The molecule has 5 heteroatoms. The van der Waals surface area contributed by atoms with Gasteiger partial charge in [0, 0.05) is 0 Å². The fraction of sp³-hybridized carbons (Fsp3) is 0.600. The molecule has 0 fully saturated rings. The first-order chi connectivity index (χ1) is 7.00. The van der Waals surface area contributed by atoms with Crippen LogP contribution in [-0.4, -0.2) is 28.0 Å². The van der Waals surface area contributed by atoms with E-state index >= 15 is 0 Å². The van der Waals surface area contributed by atoms with Crippen LogP contribution in [0, 0.1) is 0 Å². The predicted molar refractivity (Wildman–Crippen MR) is 66.4 cm³/mol. The number of rotatable bonds is 4. The van der Waals surface area contributed by atoms with E-state index in [1.807, 2.05) is 6.92 Å². The quantitative estimate of drug-likeness (QED) is 0.565. The summed E-state index contributed by atoms with van der Waals surface area (Å²) >= 11 is 2.08. The van der Waals surface area contributed by atoms with Gasteiger partial charge in [0.25, 0.3) is 0 Å². The van der Waals surface area contributed by atoms with E-state index in [0.29, 0.717) is 6.61 Å². The molecule has 0 heterocycles. The predicted octanol–water partition coefficient (Wildman–Crippen LogP) is 3.10. The van der Waals surface area contributed by atoms with Crippen molar-refractivity contribution in [3.8, 4) is 0 Å². The third kappa shape index (κ3) is 4.75. The van der Waals surface area contributed by atoms with E-state index in [4.69, 9.17) is 4.74 Å². The van der Waals surface area contributed by atoms with Crippen molar-refractivity contribution in [3.05, 3.63) is 12.2 Å². The Morgan fingerprint density at radius 3 is 2.47 bits per heavy atom. The van der Waals surface area contributed by atoms with E-state index in [0.717, 1.165) is 23.5 Å². The Morgan fingerprint density at radius 2 is 2.07 bits per heavy atom. The highest BCUT2D eigenvalue weighted by molar-refractivity contribution is 8.39. The average molecular weight is 248 g/mol. The molecule has 0 radical (unpaired) electrons. The lowest BCUT2D eigenvalue weighted by Crippen LogP contribution is -2.32. The second-order valence-electron chi connectivity index (χ2n) is 2.88. The SMILES string of the molecule is C/C=C/[C@](C)(SC(=O)SC)C(=O)OCC. The standard InChI is InChI=1S/C10H16O3S2/c1-5-7-10(3,8(11)13-6-2)15-9(12)14-4/h5,7H,6H2,1-4H3/b7-5+/t10-/m0/s1. The minimum atomic E-state index is -0.912. The summed E-state index contributed by atoms with van der Waals surface area (Å²) in [6, 6.07) is 0. The lowest BCUT2D eigenvalue weighted by molar-refractivity contribution is -0.144. The topological polar surface area (TPSA) is 43.4 Å². The molecular weight excluding hydrogens is 232 g/mol. The van der Waals surface area contributed by atoms with Gasteiger partial charge in [-0.25, -0.2) is 0 Å². The molecule has 0 unspecified atom stereocenters. The molecule has 86 valence electrons. The first-order valence-corrected chi connectivity index (χ1v) is 6.62. The maximum absolute atomic E-state index is 11.7. The minimum Gasteiger partial charge on any atom is -0.465 e. The van der Waals surface area contributed by atoms with Crippen LogP contribution in [0.3, 0.4) is 0 Å². The summed E-state index contributed by atoms with van der Waals surface area (Å²) in [5.41, 5.74) is 0. The van der Waals surface area contributed by atoms with Gasteiger partial charge in [0.1, 0.15) is 4.75 Å². The number of hydrogen-bond acceptors (Lipinski definition) is 5. The normalized spacial score (nSPS) is 14.9. The van der Waals surface area contributed by atoms with Gasteiger partial charge in [0.2, 0.25) is 4.45 Å². The number of thioether (sulfide) groups is 2. The number of carbonyl (C=O) groups is 2. The molecule has 0 aromatic carbocycles. The molecule has 0 bridgehead atoms. The van der Waals surface area contributed by atoms with Crippen molar-refractivity contribution in [1.82, 2.24) is 0 Å². The summed E-state index contributed by atoms with van der Waals surface area (Å²) in [7, 11) is 0. The monoisotopic (exact) mass is 248 g/mol. The number of carbonyl (C=O) groups excluding carboxylic acids is 2. The Bertz CT molecular complexity index is 263. The lowest BCUT2D eigenvalue weighted by Gasteiger charge is -2.21. The van der Waals surface area contributed by atoms with Crippen LogP contribution in [0.25, 0.3) is 0 Å². The van der Waals surface area contributed by atoms with Crippen LogP contribution in [0.5, 0.6) is 0 Å². The maximum atomic E-state index is 11.7. The van der Waals surface area contributed by atoms with Gasteiger partial charge >= 0.3 is 5.97 Å². The van der Waals surface area contributed by atoms with E-state index in [9.17, 15) is 9.59 Å². The van der Waals surface area contributed by atoms with Gasteiger partial charge in [-0.05, 0) is 27.0 Å². The second-order valence-corrected chi connectivity index (χ2v) is 5.34. The van der Waals surface area contributed by atoms with Gasteiger partial charge in [-0.1, -0.05) is 35.7 Å². The smallest absolute Gasteiger partial charge is 0.326 e. The first-order valence-electron chi connectivity index (χ1n) is 4.58. The van der Waals surface area contributed by atoms with Gasteiger partial charge in [-0.3, -0.25) is 9.59 Å². The molecule has 0 N–H and O–H groups in total. The molecule has 0 amide bonds. The zero-order valence-electron chi connectivity index (χ0n) is 9.40. The number of allylic oxidation sites excluding steroid dienone is 1. The van der Waals surface area contributed by atoms with Gasteiger partial charge in [0.05, 0.1) is 6.61 Å². The number of esters is 1. The van der Waals surface area contributed by atoms with Crippen molar-refractivity contribution in [1.29, 1.82) is 0 Å². The highest BCUT2D eigenvalue weighted by Gasteiger charge is 2.35. The van der Waals surface area contributed by atoms with Crippen molar-refractivity contribution in [3.63, 3.8) is 0 Å². The molecule has 0 aliphatic carbocycles. The molecular formula is C10H16O3S2. The Balaban J connectivity index is 4.72. The van der Waals surface area contributed by atoms with Crippen LogP contribution in [0.15, 0.2) is 12.2 Å². The molecule has 0 aliphatic rings. The maximum Gasteiger partial charge on any atom is 0.326 e. The molecule has 0 rings (SSSR count). The van der Waals surface area contributed by atoms with E-state index < -0.39 is 4.75 Å². The van der Waals surface area contributed by atoms with E-state index in [2.05, 4.69) is 0 Å². The largest absolute Gasteiger partial charge is 0.465 e. The van der Waals surface area contributed by atoms with Crippen LogP contribution in [0.1, 0.15) is 20.8 Å². The summed E-state index contributed by atoms with van der Waals surface area (Å²) in [5.74, 6) is -0.379. The Kier molecular flexibility index (Phi) is 6.76. The second kappa shape index (κ2) is 6.95. The molecule has 3 nitrogen and oxygen atoms in total.